The van der Waals surface area contributed by atoms with E-state index in [0.717, 1.165) is 41.4 Å². The molecule has 0 radical (unpaired) electrons. The Labute approximate surface area is 159 Å². The second-order valence-corrected chi connectivity index (χ2v) is 6.82. The zero-order valence-corrected chi connectivity index (χ0v) is 15.7. The van der Waals surface area contributed by atoms with Gasteiger partial charge in [-0.25, -0.2) is 4.79 Å². The first-order valence-electron chi connectivity index (χ1n) is 9.65. The summed E-state index contributed by atoms with van der Waals surface area (Å²) in [6.45, 7) is 2.17. The number of rotatable bonds is 10. The third kappa shape index (κ3) is 4.91. The van der Waals surface area contributed by atoms with Gasteiger partial charge in [0.05, 0.1) is 6.26 Å². The van der Waals surface area contributed by atoms with Crippen LogP contribution in [0.2, 0.25) is 0 Å². The second-order valence-electron chi connectivity index (χ2n) is 6.82. The van der Waals surface area contributed by atoms with Crippen molar-refractivity contribution in [1.29, 1.82) is 0 Å². The summed E-state index contributed by atoms with van der Waals surface area (Å²) in [6.07, 6.45) is 6.91. The minimum absolute atomic E-state index is 0.531. The third-order valence-corrected chi connectivity index (χ3v) is 4.75. The number of benzene rings is 2. The van der Waals surface area contributed by atoms with Crippen LogP contribution in [-0.4, -0.2) is 17.2 Å². The van der Waals surface area contributed by atoms with Gasteiger partial charge in [-0.2, -0.15) is 0 Å². The molecular formula is C23H26O4. The minimum Gasteiger partial charge on any atom is -0.479 e. The molecule has 1 unspecified atom stereocenters. The van der Waals surface area contributed by atoms with Crippen molar-refractivity contribution < 1.29 is 19.1 Å². The molecule has 0 aliphatic rings. The largest absolute Gasteiger partial charge is 0.479 e. The van der Waals surface area contributed by atoms with Crippen LogP contribution in [-0.2, 0) is 4.79 Å². The summed E-state index contributed by atoms with van der Waals surface area (Å²) < 4.78 is 11.4. The van der Waals surface area contributed by atoms with E-state index in [-0.39, 0.29) is 0 Å². The van der Waals surface area contributed by atoms with E-state index >= 15 is 0 Å². The van der Waals surface area contributed by atoms with Gasteiger partial charge in [0.25, 0.3) is 0 Å². The zero-order chi connectivity index (χ0) is 19.1. The van der Waals surface area contributed by atoms with Crippen LogP contribution in [0.3, 0.4) is 0 Å². The van der Waals surface area contributed by atoms with Crippen LogP contribution in [0.15, 0.2) is 59.2 Å². The Hall–Kier alpha value is -2.75. The second kappa shape index (κ2) is 9.26. The molecule has 27 heavy (non-hydrogen) atoms. The van der Waals surface area contributed by atoms with Crippen molar-refractivity contribution in [3.05, 3.63) is 54.8 Å². The molecule has 0 saturated heterocycles. The van der Waals surface area contributed by atoms with Gasteiger partial charge in [0.1, 0.15) is 11.5 Å². The summed E-state index contributed by atoms with van der Waals surface area (Å²) in [4.78, 5) is 11.5. The average Bonchev–Trinajstić information content (AvgIpc) is 3.11. The molecule has 1 heterocycles. The summed E-state index contributed by atoms with van der Waals surface area (Å²) >= 11 is 0. The average molecular weight is 366 g/mol. The number of furan rings is 1. The summed E-state index contributed by atoms with van der Waals surface area (Å²) in [5.41, 5.74) is 0.940. The Kier molecular flexibility index (Phi) is 6.53. The monoisotopic (exact) mass is 366 g/mol. The molecule has 0 fully saturated rings. The Morgan fingerprint density at radius 1 is 1.04 bits per heavy atom. The van der Waals surface area contributed by atoms with Crippen LogP contribution in [0, 0.1) is 0 Å². The lowest BCUT2D eigenvalue weighted by Crippen LogP contribution is -2.26. The van der Waals surface area contributed by atoms with E-state index in [1.54, 1.807) is 18.4 Å². The van der Waals surface area contributed by atoms with E-state index in [2.05, 4.69) is 6.92 Å². The lowest BCUT2D eigenvalue weighted by molar-refractivity contribution is -0.145. The molecule has 0 spiro atoms. The number of hydrogen-bond acceptors (Lipinski definition) is 3. The molecule has 0 saturated carbocycles. The van der Waals surface area contributed by atoms with Crippen LogP contribution >= 0.6 is 0 Å². The highest BCUT2D eigenvalue weighted by Gasteiger charge is 2.19. The first kappa shape index (κ1) is 19.0. The number of carboxylic acid groups (broad SMARTS) is 1. The lowest BCUT2D eigenvalue weighted by Gasteiger charge is -2.15. The number of aliphatic carboxylic acids is 1. The van der Waals surface area contributed by atoms with Crippen molar-refractivity contribution in [3.8, 4) is 17.1 Å². The number of fused-ring (bicyclic) bond motifs is 1. The molecule has 0 bridgehead atoms. The topological polar surface area (TPSA) is 59.7 Å². The van der Waals surface area contributed by atoms with Gasteiger partial charge in [0, 0.05) is 16.3 Å². The van der Waals surface area contributed by atoms with Crippen molar-refractivity contribution in [3.63, 3.8) is 0 Å². The summed E-state index contributed by atoms with van der Waals surface area (Å²) in [6, 6.07) is 15.4. The molecule has 0 aliphatic heterocycles. The number of unbranched alkanes of at least 4 members (excludes halogenated alkanes) is 4. The smallest absolute Gasteiger partial charge is 0.344 e. The molecule has 0 amide bonds. The highest BCUT2D eigenvalue weighted by atomic mass is 16.5. The molecule has 0 aliphatic carbocycles. The maximum atomic E-state index is 11.5. The molecule has 1 aromatic heterocycles. The molecule has 1 atom stereocenters. The Bertz CT molecular complexity index is 863. The van der Waals surface area contributed by atoms with Crippen LogP contribution in [0.4, 0.5) is 0 Å². The highest BCUT2D eigenvalue weighted by molar-refractivity contribution is 5.94. The minimum atomic E-state index is -0.911. The van der Waals surface area contributed by atoms with Gasteiger partial charge in [-0.05, 0) is 37.1 Å². The molecule has 1 N–H and O–H groups in total. The van der Waals surface area contributed by atoms with Crippen molar-refractivity contribution in [2.75, 3.05) is 0 Å². The van der Waals surface area contributed by atoms with Crippen molar-refractivity contribution in [2.24, 2.45) is 0 Å². The maximum absolute atomic E-state index is 11.5. The molecule has 4 nitrogen and oxygen atoms in total. The van der Waals surface area contributed by atoms with Crippen molar-refractivity contribution >= 4 is 16.7 Å². The van der Waals surface area contributed by atoms with Gasteiger partial charge in [0.2, 0.25) is 0 Å². The van der Waals surface area contributed by atoms with Gasteiger partial charge < -0.3 is 14.3 Å². The molecule has 3 rings (SSSR count). The Morgan fingerprint density at radius 3 is 2.52 bits per heavy atom. The SMILES string of the molecule is CCCCCCCC(Oc1ccc(-c2occ3ccccc23)cc1)C(=O)O. The fourth-order valence-electron chi connectivity index (χ4n) is 3.23. The summed E-state index contributed by atoms with van der Waals surface area (Å²) in [5, 5.41) is 11.5. The van der Waals surface area contributed by atoms with E-state index in [1.807, 2.05) is 36.4 Å². The normalized spacial score (nSPS) is 12.2. The van der Waals surface area contributed by atoms with Gasteiger partial charge in [-0.3, -0.25) is 0 Å². The standard InChI is InChI=1S/C23H26O4/c1-2-3-4-5-6-11-21(23(24)25)27-19-14-12-17(13-15-19)22-20-10-8-7-9-18(20)16-26-22/h7-10,12-16,21H,2-6,11H2,1H3,(H,24,25). The van der Waals surface area contributed by atoms with E-state index in [9.17, 15) is 9.90 Å². The molecule has 3 aromatic rings. The van der Waals surface area contributed by atoms with Crippen LogP contribution in [0.1, 0.15) is 45.4 Å². The number of carbonyl (C=O) groups is 1. The lowest BCUT2D eigenvalue weighted by atomic mass is 10.1. The number of ether oxygens (including phenoxy) is 1. The van der Waals surface area contributed by atoms with E-state index in [1.165, 1.54) is 12.8 Å². The van der Waals surface area contributed by atoms with Crippen LogP contribution in [0.5, 0.6) is 5.75 Å². The molecular weight excluding hydrogens is 340 g/mol. The van der Waals surface area contributed by atoms with Gasteiger partial charge >= 0.3 is 5.97 Å². The number of hydrogen-bond donors (Lipinski definition) is 1. The first-order chi connectivity index (χ1) is 13.2. The van der Waals surface area contributed by atoms with Crippen LogP contribution in [0.25, 0.3) is 22.1 Å². The predicted octanol–water partition coefficient (Wildman–Crippen LogP) is 6.29. The molecule has 4 heteroatoms. The van der Waals surface area contributed by atoms with Crippen molar-refractivity contribution in [1.82, 2.24) is 0 Å². The zero-order valence-electron chi connectivity index (χ0n) is 15.7. The Balaban J connectivity index is 1.64. The quantitative estimate of drug-likeness (QED) is 0.428. The van der Waals surface area contributed by atoms with Crippen LogP contribution < -0.4 is 4.74 Å². The fraction of sp³-hybridized carbons (Fsp3) is 0.348. The van der Waals surface area contributed by atoms with E-state index < -0.39 is 12.1 Å². The summed E-state index contributed by atoms with van der Waals surface area (Å²) in [7, 11) is 0. The molecule has 2 aromatic carbocycles. The maximum Gasteiger partial charge on any atom is 0.344 e. The fourth-order valence-corrected chi connectivity index (χ4v) is 3.23. The van der Waals surface area contributed by atoms with E-state index in [4.69, 9.17) is 9.15 Å². The van der Waals surface area contributed by atoms with Gasteiger partial charge in [-0.1, -0.05) is 56.9 Å². The van der Waals surface area contributed by atoms with Crippen molar-refractivity contribution in [2.45, 2.75) is 51.6 Å². The van der Waals surface area contributed by atoms with Gasteiger partial charge in [0.15, 0.2) is 6.10 Å². The summed E-state index contributed by atoms with van der Waals surface area (Å²) in [5.74, 6) is 0.463. The van der Waals surface area contributed by atoms with E-state index in [0.29, 0.717) is 12.2 Å². The molecule has 142 valence electrons. The first-order valence-corrected chi connectivity index (χ1v) is 9.65. The van der Waals surface area contributed by atoms with Gasteiger partial charge in [-0.15, -0.1) is 0 Å². The predicted molar refractivity (Wildman–Crippen MR) is 107 cm³/mol. The Morgan fingerprint density at radius 2 is 1.78 bits per heavy atom. The highest BCUT2D eigenvalue weighted by Crippen LogP contribution is 2.31. The number of carboxylic acids is 1. The third-order valence-electron chi connectivity index (χ3n) is 4.75.